The van der Waals surface area contributed by atoms with E-state index in [1.54, 1.807) is 7.11 Å². The molecule has 0 N–H and O–H groups in total. The number of methoxy groups -OCH3 is 1. The van der Waals surface area contributed by atoms with Gasteiger partial charge >= 0.3 is 0 Å². The van der Waals surface area contributed by atoms with Gasteiger partial charge < -0.3 is 9.47 Å². The largest absolute Gasteiger partial charge is 0.359 e. The normalized spacial score (nSPS) is 49.9. The fraction of sp³-hybridized carbons (Fsp3) is 1.00. The molecule has 0 saturated heterocycles. The van der Waals surface area contributed by atoms with E-state index in [4.69, 9.17) is 9.47 Å². The van der Waals surface area contributed by atoms with Crippen molar-refractivity contribution in [3.8, 4) is 0 Å². The maximum atomic E-state index is 5.77. The molecule has 3 rings (SSSR count). The number of hydrogen-bond acceptors (Lipinski definition) is 2. The van der Waals surface area contributed by atoms with Gasteiger partial charge in [-0.1, -0.05) is 6.42 Å². The van der Waals surface area contributed by atoms with Crippen LogP contribution in [-0.4, -0.2) is 20.0 Å². The van der Waals surface area contributed by atoms with Crippen LogP contribution in [0.2, 0.25) is 0 Å². The minimum atomic E-state index is 0.491. The summed E-state index contributed by atoms with van der Waals surface area (Å²) in [5.41, 5.74) is 0. The molecule has 0 amide bonds. The molecule has 3 fully saturated rings. The van der Waals surface area contributed by atoms with Crippen molar-refractivity contribution in [1.29, 1.82) is 0 Å². The van der Waals surface area contributed by atoms with E-state index >= 15 is 0 Å². The molecule has 2 nitrogen and oxygen atoms in total. The number of ether oxygens (including phenoxy) is 2. The van der Waals surface area contributed by atoms with Gasteiger partial charge in [-0.3, -0.25) is 0 Å². The maximum Gasteiger partial charge on any atom is 0.146 e. The molecule has 14 heavy (non-hydrogen) atoms. The Kier molecular flexibility index (Phi) is 2.29. The second kappa shape index (κ2) is 3.49. The van der Waals surface area contributed by atoms with Crippen molar-refractivity contribution in [3.05, 3.63) is 0 Å². The summed E-state index contributed by atoms with van der Waals surface area (Å²) in [6.07, 6.45) is 7.74. The van der Waals surface area contributed by atoms with Crippen LogP contribution in [-0.2, 0) is 9.47 Å². The summed E-state index contributed by atoms with van der Waals surface area (Å²) in [6, 6.07) is 0. The van der Waals surface area contributed by atoms with E-state index in [1.165, 1.54) is 32.1 Å². The Bertz CT molecular complexity index is 216. The minimum Gasteiger partial charge on any atom is -0.359 e. The molecule has 0 aromatic rings. The van der Waals surface area contributed by atoms with Gasteiger partial charge in [-0.25, -0.2) is 0 Å². The van der Waals surface area contributed by atoms with E-state index in [9.17, 15) is 0 Å². The van der Waals surface area contributed by atoms with Crippen molar-refractivity contribution >= 4 is 0 Å². The quantitative estimate of drug-likeness (QED) is 0.645. The van der Waals surface area contributed by atoms with Gasteiger partial charge in [0.15, 0.2) is 0 Å². The van der Waals surface area contributed by atoms with Crippen LogP contribution >= 0.6 is 0 Å². The van der Waals surface area contributed by atoms with E-state index < -0.39 is 0 Å². The summed E-state index contributed by atoms with van der Waals surface area (Å²) in [5, 5.41) is 0. The van der Waals surface area contributed by atoms with E-state index in [2.05, 4.69) is 0 Å². The van der Waals surface area contributed by atoms with Crippen LogP contribution < -0.4 is 0 Å². The standard InChI is InChI=1S/C12H20O2/c1-13-7-14-12-6-8-5-11(12)10-4-2-3-9(8)10/h8-12H,2-7H2,1H3. The Morgan fingerprint density at radius 1 is 1.07 bits per heavy atom. The lowest BCUT2D eigenvalue weighted by Gasteiger charge is -2.31. The Hall–Kier alpha value is -0.0800. The molecule has 80 valence electrons. The summed E-state index contributed by atoms with van der Waals surface area (Å²) in [7, 11) is 1.71. The third kappa shape index (κ3) is 1.24. The highest BCUT2D eigenvalue weighted by Crippen LogP contribution is 2.59. The van der Waals surface area contributed by atoms with Crippen LogP contribution in [0.25, 0.3) is 0 Å². The first-order chi connectivity index (χ1) is 6.90. The van der Waals surface area contributed by atoms with Crippen LogP contribution in [0.1, 0.15) is 32.1 Å². The zero-order valence-corrected chi connectivity index (χ0v) is 8.95. The third-order valence-electron chi connectivity index (χ3n) is 4.77. The highest BCUT2D eigenvalue weighted by molar-refractivity contribution is 5.03. The molecule has 3 aliphatic rings. The molecule has 3 aliphatic carbocycles. The molecule has 5 atom stereocenters. The zero-order chi connectivity index (χ0) is 9.54. The first-order valence-electron chi connectivity index (χ1n) is 6.00. The highest BCUT2D eigenvalue weighted by Gasteiger charge is 2.54. The molecule has 0 spiro atoms. The van der Waals surface area contributed by atoms with E-state index in [0.717, 1.165) is 23.7 Å². The summed E-state index contributed by atoms with van der Waals surface area (Å²) >= 11 is 0. The van der Waals surface area contributed by atoms with Crippen molar-refractivity contribution < 1.29 is 9.47 Å². The minimum absolute atomic E-state index is 0.491. The maximum absolute atomic E-state index is 5.77. The second-order valence-electron chi connectivity index (χ2n) is 5.27. The molecule has 0 aromatic carbocycles. The molecule has 3 saturated carbocycles. The van der Waals surface area contributed by atoms with Gasteiger partial charge in [-0.2, -0.15) is 0 Å². The molecule has 5 unspecified atom stereocenters. The molecule has 0 radical (unpaired) electrons. The SMILES string of the molecule is COCOC1CC2CC1C1CCCC21. The van der Waals surface area contributed by atoms with Gasteiger partial charge in [0.2, 0.25) is 0 Å². The molecular weight excluding hydrogens is 176 g/mol. The van der Waals surface area contributed by atoms with Gasteiger partial charge in [-0.15, -0.1) is 0 Å². The average molecular weight is 196 g/mol. The Balaban J connectivity index is 1.65. The smallest absolute Gasteiger partial charge is 0.146 e. The fourth-order valence-corrected chi connectivity index (χ4v) is 4.35. The van der Waals surface area contributed by atoms with Crippen molar-refractivity contribution in [3.63, 3.8) is 0 Å². The van der Waals surface area contributed by atoms with Gasteiger partial charge in [0.05, 0.1) is 6.10 Å². The van der Waals surface area contributed by atoms with E-state index in [1.807, 2.05) is 0 Å². The zero-order valence-electron chi connectivity index (χ0n) is 8.95. The van der Waals surface area contributed by atoms with Crippen LogP contribution in [0.5, 0.6) is 0 Å². The van der Waals surface area contributed by atoms with Gasteiger partial charge in [-0.05, 0) is 49.4 Å². The van der Waals surface area contributed by atoms with Crippen LogP contribution in [0, 0.1) is 23.7 Å². The van der Waals surface area contributed by atoms with Gasteiger partial charge in [0.1, 0.15) is 6.79 Å². The Morgan fingerprint density at radius 2 is 1.93 bits per heavy atom. The van der Waals surface area contributed by atoms with Crippen LogP contribution in [0.4, 0.5) is 0 Å². The van der Waals surface area contributed by atoms with Crippen LogP contribution in [0.15, 0.2) is 0 Å². The fourth-order valence-electron chi connectivity index (χ4n) is 4.35. The predicted octanol–water partition coefficient (Wildman–Crippen LogP) is 2.43. The van der Waals surface area contributed by atoms with Crippen molar-refractivity contribution in [2.24, 2.45) is 23.7 Å². The Morgan fingerprint density at radius 3 is 2.79 bits per heavy atom. The van der Waals surface area contributed by atoms with Gasteiger partial charge in [0, 0.05) is 7.11 Å². The molecule has 0 heterocycles. The summed E-state index contributed by atoms with van der Waals surface area (Å²) in [5.74, 6) is 3.95. The number of fused-ring (bicyclic) bond motifs is 5. The second-order valence-corrected chi connectivity index (χ2v) is 5.27. The average Bonchev–Trinajstić information content (AvgIpc) is 2.85. The monoisotopic (exact) mass is 196 g/mol. The van der Waals surface area contributed by atoms with Gasteiger partial charge in [0.25, 0.3) is 0 Å². The topological polar surface area (TPSA) is 18.5 Å². The molecule has 2 bridgehead atoms. The lowest BCUT2D eigenvalue weighted by atomic mass is 9.80. The van der Waals surface area contributed by atoms with Crippen LogP contribution in [0.3, 0.4) is 0 Å². The third-order valence-corrected chi connectivity index (χ3v) is 4.77. The summed E-state index contributed by atoms with van der Waals surface area (Å²) in [6.45, 7) is 0.491. The molecule has 0 aromatic heterocycles. The molecular formula is C12H20O2. The first-order valence-corrected chi connectivity index (χ1v) is 6.00. The molecule has 2 heteroatoms. The van der Waals surface area contributed by atoms with Crippen molar-refractivity contribution in [1.82, 2.24) is 0 Å². The van der Waals surface area contributed by atoms with Crippen molar-refractivity contribution in [2.45, 2.75) is 38.2 Å². The number of hydrogen-bond donors (Lipinski definition) is 0. The lowest BCUT2D eigenvalue weighted by molar-refractivity contribution is -0.0996. The summed E-state index contributed by atoms with van der Waals surface area (Å²) < 4.78 is 10.8. The number of rotatable bonds is 3. The first kappa shape index (κ1) is 9.17. The highest BCUT2D eigenvalue weighted by atomic mass is 16.7. The predicted molar refractivity (Wildman–Crippen MR) is 53.8 cm³/mol. The van der Waals surface area contributed by atoms with E-state index in [0.29, 0.717) is 12.9 Å². The Labute approximate surface area is 86.0 Å². The van der Waals surface area contributed by atoms with E-state index in [-0.39, 0.29) is 0 Å². The molecule has 0 aliphatic heterocycles. The lowest BCUT2D eigenvalue weighted by Crippen LogP contribution is -2.30. The van der Waals surface area contributed by atoms with Crippen molar-refractivity contribution in [2.75, 3.05) is 13.9 Å². The summed E-state index contributed by atoms with van der Waals surface area (Å²) in [4.78, 5) is 0.